The van der Waals surface area contributed by atoms with Crippen molar-refractivity contribution >= 4 is 17.7 Å². The molecule has 4 nitrogen and oxygen atoms in total. The Morgan fingerprint density at radius 1 is 1.12 bits per heavy atom. The van der Waals surface area contributed by atoms with Crippen LogP contribution in [-0.4, -0.2) is 31.4 Å². The van der Waals surface area contributed by atoms with Gasteiger partial charge in [-0.1, -0.05) is 29.8 Å². The van der Waals surface area contributed by atoms with E-state index in [2.05, 4.69) is 5.32 Å². The molecule has 0 saturated heterocycles. The molecule has 2 aromatic rings. The number of amides is 1. The van der Waals surface area contributed by atoms with Crippen LogP contribution in [0.1, 0.15) is 12.5 Å². The lowest BCUT2D eigenvalue weighted by Crippen LogP contribution is -2.33. The number of carbonyl (C=O) groups excluding carboxylic acids is 1. The van der Waals surface area contributed by atoms with Gasteiger partial charge >= 0.3 is 0 Å². The topological polar surface area (TPSA) is 47.6 Å². The summed E-state index contributed by atoms with van der Waals surface area (Å²) in [6.07, 6.45) is 0. The van der Waals surface area contributed by atoms with Gasteiger partial charge in [-0.25, -0.2) is 0 Å². The van der Waals surface area contributed by atoms with Crippen molar-refractivity contribution < 1.29 is 14.3 Å². The molecule has 0 aliphatic carbocycles. The number of nitrogens with one attached hydrogen (secondary N) is 1. The van der Waals surface area contributed by atoms with Gasteiger partial charge in [0.1, 0.15) is 6.61 Å². The molecule has 24 heavy (non-hydrogen) atoms. The summed E-state index contributed by atoms with van der Waals surface area (Å²) in [5, 5.41) is 2.74. The summed E-state index contributed by atoms with van der Waals surface area (Å²) in [7, 11) is 1.61. The molecule has 0 heterocycles. The Labute approximate surface area is 147 Å². The molecule has 1 N–H and O–H groups in total. The van der Waals surface area contributed by atoms with E-state index < -0.39 is 0 Å². The van der Waals surface area contributed by atoms with Gasteiger partial charge in [-0.3, -0.25) is 4.79 Å². The van der Waals surface area contributed by atoms with Gasteiger partial charge < -0.3 is 14.8 Å². The number of carbonyl (C=O) groups is 1. The van der Waals surface area contributed by atoms with E-state index in [4.69, 9.17) is 9.47 Å². The monoisotopic (exact) mass is 345 g/mol. The summed E-state index contributed by atoms with van der Waals surface area (Å²) >= 11 is 1.55. The highest BCUT2D eigenvalue weighted by Gasteiger charge is 2.13. The van der Waals surface area contributed by atoms with Gasteiger partial charge in [0.05, 0.1) is 18.9 Å². The van der Waals surface area contributed by atoms with E-state index in [1.165, 1.54) is 5.56 Å². The van der Waals surface area contributed by atoms with Crippen LogP contribution in [0.2, 0.25) is 0 Å². The third-order valence-electron chi connectivity index (χ3n) is 3.43. The normalized spacial score (nSPS) is 11.6. The van der Waals surface area contributed by atoms with Gasteiger partial charge in [0.25, 0.3) is 0 Å². The Bertz CT molecular complexity index is 658. The number of hydrogen-bond acceptors (Lipinski definition) is 4. The van der Waals surface area contributed by atoms with E-state index in [9.17, 15) is 4.79 Å². The minimum atomic E-state index is -0.154. The van der Waals surface area contributed by atoms with Crippen molar-refractivity contribution in [3.8, 4) is 11.5 Å². The average molecular weight is 345 g/mol. The molecule has 0 fully saturated rings. The second kappa shape index (κ2) is 9.23. The maximum Gasteiger partial charge on any atom is 0.233 e. The maximum atomic E-state index is 12.1. The van der Waals surface area contributed by atoms with Crippen molar-refractivity contribution in [2.75, 3.05) is 20.3 Å². The first-order valence-corrected chi connectivity index (χ1v) is 8.75. The van der Waals surface area contributed by atoms with Crippen molar-refractivity contribution in [1.29, 1.82) is 0 Å². The molecule has 1 amide bonds. The van der Waals surface area contributed by atoms with E-state index in [1.54, 1.807) is 18.9 Å². The molecule has 0 bridgehead atoms. The van der Waals surface area contributed by atoms with Crippen LogP contribution in [0.25, 0.3) is 0 Å². The third-order valence-corrected chi connectivity index (χ3v) is 4.54. The highest BCUT2D eigenvalue weighted by atomic mass is 32.2. The summed E-state index contributed by atoms with van der Waals surface area (Å²) in [4.78, 5) is 13.2. The number of hydrogen-bond donors (Lipinski definition) is 1. The molecule has 0 aliphatic rings. The number of para-hydroxylation sites is 2. The highest BCUT2D eigenvalue weighted by molar-refractivity contribution is 8.00. The first-order valence-electron chi connectivity index (χ1n) is 7.87. The van der Waals surface area contributed by atoms with Crippen LogP contribution < -0.4 is 14.8 Å². The first-order chi connectivity index (χ1) is 11.6. The lowest BCUT2D eigenvalue weighted by atomic mass is 10.2. The fraction of sp³-hybridized carbons (Fsp3) is 0.316. The van der Waals surface area contributed by atoms with Crippen LogP contribution in [0.4, 0.5) is 0 Å². The quantitative estimate of drug-likeness (QED) is 0.586. The van der Waals surface area contributed by atoms with Crippen LogP contribution >= 0.6 is 11.8 Å². The second-order valence-electron chi connectivity index (χ2n) is 5.36. The highest BCUT2D eigenvalue weighted by Crippen LogP contribution is 2.25. The molecule has 0 unspecified atom stereocenters. The molecule has 0 aromatic heterocycles. The largest absolute Gasteiger partial charge is 0.493 e. The van der Waals surface area contributed by atoms with Crippen molar-refractivity contribution in [3.05, 3.63) is 54.1 Å². The number of ether oxygens (including phenoxy) is 2. The molecule has 0 saturated carbocycles. The van der Waals surface area contributed by atoms with E-state index in [-0.39, 0.29) is 11.2 Å². The molecule has 128 valence electrons. The number of thioether (sulfide) groups is 1. The van der Waals surface area contributed by atoms with Crippen molar-refractivity contribution in [2.24, 2.45) is 0 Å². The van der Waals surface area contributed by atoms with Crippen LogP contribution in [0.15, 0.2) is 53.4 Å². The zero-order valence-electron chi connectivity index (χ0n) is 14.2. The van der Waals surface area contributed by atoms with Gasteiger partial charge in [-0.2, -0.15) is 0 Å². The number of benzene rings is 2. The molecule has 5 heteroatoms. The van der Waals surface area contributed by atoms with E-state index in [0.29, 0.717) is 24.7 Å². The zero-order valence-corrected chi connectivity index (χ0v) is 15.1. The minimum absolute atomic E-state index is 0.00389. The molecular formula is C19H23NO3S. The lowest BCUT2D eigenvalue weighted by Gasteiger charge is -2.13. The summed E-state index contributed by atoms with van der Waals surface area (Å²) in [6, 6.07) is 15.6. The van der Waals surface area contributed by atoms with Gasteiger partial charge in [-0.05, 0) is 38.1 Å². The standard InChI is InChI=1S/C19H23NO3S/c1-14-8-10-16(11-9-14)24-15(2)19(21)20-12-13-23-18-7-5-4-6-17(18)22-3/h4-11,15H,12-13H2,1-3H3,(H,20,21)/t15-/m1/s1. The molecule has 0 radical (unpaired) electrons. The van der Waals surface area contributed by atoms with Crippen LogP contribution in [0.3, 0.4) is 0 Å². The van der Waals surface area contributed by atoms with Crippen molar-refractivity contribution in [3.63, 3.8) is 0 Å². The van der Waals surface area contributed by atoms with Crippen molar-refractivity contribution in [1.82, 2.24) is 5.32 Å². The average Bonchev–Trinajstić information content (AvgIpc) is 2.60. The predicted molar refractivity (Wildman–Crippen MR) is 98.0 cm³/mol. The van der Waals surface area contributed by atoms with Gasteiger partial charge in [-0.15, -0.1) is 11.8 Å². The van der Waals surface area contributed by atoms with Gasteiger partial charge in [0.15, 0.2) is 11.5 Å². The predicted octanol–water partition coefficient (Wildman–Crippen LogP) is 3.68. The summed E-state index contributed by atoms with van der Waals surface area (Å²) in [6.45, 7) is 4.80. The Morgan fingerprint density at radius 3 is 2.46 bits per heavy atom. The van der Waals surface area contributed by atoms with Gasteiger partial charge in [0.2, 0.25) is 5.91 Å². The number of methoxy groups -OCH3 is 1. The second-order valence-corrected chi connectivity index (χ2v) is 6.78. The van der Waals surface area contributed by atoms with Crippen LogP contribution in [0.5, 0.6) is 11.5 Å². The van der Waals surface area contributed by atoms with E-state index >= 15 is 0 Å². The Kier molecular flexibility index (Phi) is 7.00. The molecule has 0 spiro atoms. The smallest absolute Gasteiger partial charge is 0.233 e. The third kappa shape index (κ3) is 5.49. The summed E-state index contributed by atoms with van der Waals surface area (Å²) in [5.41, 5.74) is 1.21. The maximum absolute atomic E-state index is 12.1. The Morgan fingerprint density at radius 2 is 1.79 bits per heavy atom. The molecule has 1 atom stereocenters. The molecule has 2 aromatic carbocycles. The minimum Gasteiger partial charge on any atom is -0.493 e. The lowest BCUT2D eigenvalue weighted by molar-refractivity contribution is -0.120. The number of rotatable bonds is 8. The first kappa shape index (κ1) is 18.2. The van der Waals surface area contributed by atoms with E-state index in [1.807, 2.05) is 62.4 Å². The molecular weight excluding hydrogens is 322 g/mol. The van der Waals surface area contributed by atoms with Gasteiger partial charge in [0, 0.05) is 4.90 Å². The fourth-order valence-electron chi connectivity index (χ4n) is 2.09. The number of aryl methyl sites for hydroxylation is 1. The van der Waals surface area contributed by atoms with E-state index in [0.717, 1.165) is 4.90 Å². The Hall–Kier alpha value is -2.14. The zero-order chi connectivity index (χ0) is 17.4. The van der Waals surface area contributed by atoms with Crippen LogP contribution in [-0.2, 0) is 4.79 Å². The molecule has 0 aliphatic heterocycles. The summed E-state index contributed by atoms with van der Waals surface area (Å²) < 4.78 is 10.9. The SMILES string of the molecule is COc1ccccc1OCCNC(=O)[C@@H](C)Sc1ccc(C)cc1. The summed E-state index contributed by atoms with van der Waals surface area (Å²) in [5.74, 6) is 1.37. The molecule has 2 rings (SSSR count). The van der Waals surface area contributed by atoms with Crippen LogP contribution in [0, 0.1) is 6.92 Å². The fourth-order valence-corrected chi connectivity index (χ4v) is 2.98. The Balaban J connectivity index is 1.73. The van der Waals surface area contributed by atoms with Crippen molar-refractivity contribution in [2.45, 2.75) is 24.0 Å².